The van der Waals surface area contributed by atoms with E-state index in [9.17, 15) is 41.0 Å². The number of aromatic hydroxyl groups is 1. The molecule has 2 aliphatic rings. The maximum absolute atomic E-state index is 13.1. The second kappa shape index (κ2) is 8.00. The van der Waals surface area contributed by atoms with Crippen LogP contribution in [0, 0.1) is 0 Å². The number of fused-ring (bicyclic) bond motifs is 2. The molecule has 0 unspecified atom stereocenters. The Hall–Kier alpha value is -3.02. The van der Waals surface area contributed by atoms with Crippen molar-refractivity contribution in [3.05, 3.63) is 52.8 Å². The standard InChI is InChI=1S/C23H23F6N3O3.H2/c1-20(2)12-32-15(18(34)23(27,28)29)4-6-17(32)21(30-20)7-9-31(10-8-21)19(35)13-3-5-16(33)14(11-13)22(24,25)26;/h3-6,11,30,33H,7-10,12H2,1-2H3;1H. The molecule has 1 saturated heterocycles. The Bertz CT molecular complexity index is 1180. The minimum atomic E-state index is -5.02. The highest BCUT2D eigenvalue weighted by Crippen LogP contribution is 2.41. The topological polar surface area (TPSA) is 74.6 Å². The molecule has 3 heterocycles. The summed E-state index contributed by atoms with van der Waals surface area (Å²) < 4.78 is 80.1. The number of nitrogens with zero attached hydrogens (tertiary/aromatic N) is 2. The number of amides is 1. The van der Waals surface area contributed by atoms with Crippen LogP contribution in [-0.2, 0) is 18.3 Å². The monoisotopic (exact) mass is 505 g/mol. The molecule has 192 valence electrons. The first-order valence-corrected chi connectivity index (χ1v) is 10.8. The molecule has 0 aliphatic carbocycles. The van der Waals surface area contributed by atoms with E-state index in [0.29, 0.717) is 11.8 Å². The Labute approximate surface area is 198 Å². The van der Waals surface area contributed by atoms with Crippen LogP contribution in [0.1, 0.15) is 60.2 Å². The molecule has 0 atom stereocenters. The average molecular weight is 505 g/mol. The number of ketones is 1. The van der Waals surface area contributed by atoms with Crippen molar-refractivity contribution in [3.63, 3.8) is 0 Å². The highest BCUT2D eigenvalue weighted by molar-refractivity contribution is 5.99. The van der Waals surface area contributed by atoms with Crippen LogP contribution in [0.3, 0.4) is 0 Å². The maximum Gasteiger partial charge on any atom is 0.456 e. The fourth-order valence-corrected chi connectivity index (χ4v) is 5.10. The fraction of sp³-hybridized carbons (Fsp3) is 0.478. The number of nitrogens with one attached hydrogen (secondary N) is 1. The summed E-state index contributed by atoms with van der Waals surface area (Å²) in [5.41, 5.74) is -2.99. The maximum atomic E-state index is 13.1. The van der Waals surface area contributed by atoms with Crippen molar-refractivity contribution in [2.75, 3.05) is 13.1 Å². The van der Waals surface area contributed by atoms with Gasteiger partial charge in [0, 0.05) is 37.9 Å². The quantitative estimate of drug-likeness (QED) is 0.458. The Morgan fingerprint density at radius 2 is 1.66 bits per heavy atom. The van der Waals surface area contributed by atoms with E-state index < -0.39 is 52.1 Å². The molecule has 2 aromatic rings. The van der Waals surface area contributed by atoms with Crippen LogP contribution in [-0.4, -0.2) is 51.1 Å². The molecule has 1 aromatic carbocycles. The van der Waals surface area contributed by atoms with Gasteiger partial charge in [-0.25, -0.2) is 0 Å². The number of rotatable bonds is 2. The molecule has 1 fully saturated rings. The number of alkyl halides is 6. The number of carbonyl (C=O) groups is 2. The smallest absolute Gasteiger partial charge is 0.456 e. The Morgan fingerprint density at radius 1 is 1.03 bits per heavy atom. The summed E-state index contributed by atoms with van der Waals surface area (Å²) in [5.74, 6) is -3.56. The van der Waals surface area contributed by atoms with Gasteiger partial charge < -0.3 is 14.6 Å². The first-order chi connectivity index (χ1) is 16.0. The van der Waals surface area contributed by atoms with Crippen LogP contribution in [0.2, 0.25) is 0 Å². The largest absolute Gasteiger partial charge is 0.507 e. The lowest BCUT2D eigenvalue weighted by Gasteiger charge is -2.51. The summed E-state index contributed by atoms with van der Waals surface area (Å²) in [5, 5.41) is 13.0. The van der Waals surface area contributed by atoms with E-state index in [1.807, 2.05) is 0 Å². The number of halogens is 6. The Balaban J connectivity index is 0.00000361. The number of phenols is 1. The molecule has 0 radical (unpaired) electrons. The van der Waals surface area contributed by atoms with Crippen molar-refractivity contribution >= 4 is 11.7 Å². The predicted molar refractivity (Wildman–Crippen MR) is 114 cm³/mol. The number of aromatic nitrogens is 1. The van der Waals surface area contributed by atoms with Gasteiger partial charge >= 0.3 is 12.4 Å². The minimum Gasteiger partial charge on any atom is -0.507 e. The highest BCUT2D eigenvalue weighted by atomic mass is 19.4. The molecule has 1 spiro atoms. The molecule has 2 aliphatic heterocycles. The summed E-state index contributed by atoms with van der Waals surface area (Å²) in [6.07, 6.45) is -9.31. The van der Waals surface area contributed by atoms with Crippen molar-refractivity contribution < 1.29 is 42.5 Å². The SMILES string of the molecule is CC1(C)Cn2c(C(=O)C(F)(F)F)ccc2C2(CCN(C(=O)c3ccc(O)c(C(F)(F)F)c3)CC2)N1.[HH]. The zero-order valence-electron chi connectivity index (χ0n) is 18.8. The third-order valence-electron chi connectivity index (χ3n) is 6.55. The normalized spacial score (nSPS) is 19.5. The predicted octanol–water partition coefficient (Wildman–Crippen LogP) is 4.72. The number of phenolic OH excluding ortho intramolecular Hbond substituents is 1. The van der Waals surface area contributed by atoms with E-state index in [-0.39, 0.29) is 39.5 Å². The molecule has 12 heteroatoms. The van der Waals surface area contributed by atoms with Crippen molar-refractivity contribution in [1.29, 1.82) is 0 Å². The number of carbonyl (C=O) groups excluding carboxylic acids is 2. The molecular formula is C23H25F6N3O3. The van der Waals surface area contributed by atoms with Gasteiger partial charge in [-0.3, -0.25) is 14.9 Å². The van der Waals surface area contributed by atoms with E-state index in [1.54, 1.807) is 13.8 Å². The number of benzene rings is 1. The van der Waals surface area contributed by atoms with Gasteiger partial charge in [0.05, 0.1) is 16.8 Å². The van der Waals surface area contributed by atoms with Crippen molar-refractivity contribution in [1.82, 2.24) is 14.8 Å². The number of hydrogen-bond acceptors (Lipinski definition) is 4. The number of Topliss-reactive ketones (excluding diaryl/α,β-unsaturated/α-hetero) is 1. The van der Waals surface area contributed by atoms with Gasteiger partial charge in [-0.1, -0.05) is 0 Å². The van der Waals surface area contributed by atoms with Crippen molar-refractivity contribution in [2.24, 2.45) is 0 Å². The van der Waals surface area contributed by atoms with Gasteiger partial charge in [-0.15, -0.1) is 0 Å². The third kappa shape index (κ3) is 4.51. The van der Waals surface area contributed by atoms with Crippen LogP contribution in [0.25, 0.3) is 0 Å². The third-order valence-corrected chi connectivity index (χ3v) is 6.55. The summed E-state index contributed by atoms with van der Waals surface area (Å²) in [7, 11) is 0. The number of hydrogen-bond donors (Lipinski definition) is 2. The second-order valence-corrected chi connectivity index (χ2v) is 9.63. The summed E-state index contributed by atoms with van der Waals surface area (Å²) in [6.45, 7) is 3.97. The van der Waals surface area contributed by atoms with Crippen LogP contribution in [0.15, 0.2) is 30.3 Å². The second-order valence-electron chi connectivity index (χ2n) is 9.63. The first kappa shape index (κ1) is 25.1. The van der Waals surface area contributed by atoms with Gasteiger partial charge in [0.2, 0.25) is 0 Å². The van der Waals surface area contributed by atoms with E-state index in [2.05, 4.69) is 5.32 Å². The molecular weight excluding hydrogens is 480 g/mol. The van der Waals surface area contributed by atoms with Crippen LogP contribution < -0.4 is 5.32 Å². The van der Waals surface area contributed by atoms with E-state index in [4.69, 9.17) is 0 Å². The molecule has 4 rings (SSSR count). The zero-order chi connectivity index (χ0) is 26.0. The zero-order valence-corrected chi connectivity index (χ0v) is 18.8. The van der Waals surface area contributed by atoms with Gasteiger partial charge in [0.25, 0.3) is 11.7 Å². The van der Waals surface area contributed by atoms with E-state index >= 15 is 0 Å². The Kier molecular flexibility index (Phi) is 5.74. The first-order valence-electron chi connectivity index (χ1n) is 10.8. The molecule has 35 heavy (non-hydrogen) atoms. The van der Waals surface area contributed by atoms with Crippen LogP contribution >= 0.6 is 0 Å². The lowest BCUT2D eigenvalue weighted by Crippen LogP contribution is -2.63. The van der Waals surface area contributed by atoms with E-state index in [1.165, 1.54) is 15.5 Å². The summed E-state index contributed by atoms with van der Waals surface area (Å²) in [4.78, 5) is 26.3. The number of likely N-dealkylation sites (tertiary alicyclic amines) is 1. The lowest BCUT2D eigenvalue weighted by atomic mass is 9.79. The van der Waals surface area contributed by atoms with Crippen molar-refractivity contribution in [3.8, 4) is 5.75 Å². The molecule has 6 nitrogen and oxygen atoms in total. The summed E-state index contributed by atoms with van der Waals surface area (Å²) in [6, 6.07) is 5.17. The van der Waals surface area contributed by atoms with Gasteiger partial charge in [0.15, 0.2) is 0 Å². The van der Waals surface area contributed by atoms with Crippen LogP contribution in [0.4, 0.5) is 26.3 Å². The minimum absolute atomic E-state index is 0. The molecule has 2 N–H and O–H groups in total. The fourth-order valence-electron chi connectivity index (χ4n) is 5.10. The molecule has 0 saturated carbocycles. The lowest BCUT2D eigenvalue weighted by molar-refractivity contribution is -0.138. The summed E-state index contributed by atoms with van der Waals surface area (Å²) >= 11 is 0. The molecule has 1 amide bonds. The molecule has 0 bridgehead atoms. The van der Waals surface area contributed by atoms with Gasteiger partial charge in [-0.05, 0) is 57.0 Å². The van der Waals surface area contributed by atoms with E-state index in [0.717, 1.165) is 18.2 Å². The highest BCUT2D eigenvalue weighted by Gasteiger charge is 2.49. The number of piperidine rings is 1. The molecule has 1 aromatic heterocycles. The van der Waals surface area contributed by atoms with Gasteiger partial charge in [-0.2, -0.15) is 26.3 Å². The van der Waals surface area contributed by atoms with Gasteiger partial charge in [0.1, 0.15) is 5.75 Å². The Morgan fingerprint density at radius 3 is 2.23 bits per heavy atom. The van der Waals surface area contributed by atoms with Crippen LogP contribution in [0.5, 0.6) is 5.75 Å². The average Bonchev–Trinajstić information content (AvgIpc) is 3.15. The van der Waals surface area contributed by atoms with Crippen molar-refractivity contribution in [2.45, 2.75) is 56.7 Å².